The lowest BCUT2D eigenvalue weighted by atomic mass is 9.96. The van der Waals surface area contributed by atoms with Gasteiger partial charge < -0.3 is 5.32 Å². The van der Waals surface area contributed by atoms with Crippen LogP contribution >= 0.6 is 0 Å². The molecule has 2 aliphatic rings. The van der Waals surface area contributed by atoms with Gasteiger partial charge in [0, 0.05) is 12.1 Å². The average Bonchev–Trinajstić information content (AvgIpc) is 2.20. The van der Waals surface area contributed by atoms with Crippen LogP contribution in [0.5, 0.6) is 0 Å². The molecule has 1 saturated carbocycles. The van der Waals surface area contributed by atoms with Crippen molar-refractivity contribution in [3.05, 3.63) is 0 Å². The van der Waals surface area contributed by atoms with E-state index in [9.17, 15) is 8.42 Å². The molecule has 0 aromatic rings. The van der Waals surface area contributed by atoms with Gasteiger partial charge in [-0.05, 0) is 25.7 Å². The Kier molecular flexibility index (Phi) is 4.86. The Balaban J connectivity index is 1.82. The molecule has 3 nitrogen and oxygen atoms in total. The van der Waals surface area contributed by atoms with E-state index in [2.05, 4.69) is 5.32 Å². The molecule has 1 saturated heterocycles. The van der Waals surface area contributed by atoms with E-state index in [1.165, 1.54) is 44.9 Å². The van der Waals surface area contributed by atoms with Gasteiger partial charge in [0.25, 0.3) is 0 Å². The predicted molar refractivity (Wildman–Crippen MR) is 70.9 cm³/mol. The Bertz CT molecular complexity index is 318. The van der Waals surface area contributed by atoms with Gasteiger partial charge in [0.1, 0.15) is 0 Å². The van der Waals surface area contributed by atoms with Gasteiger partial charge in [-0.15, -0.1) is 0 Å². The van der Waals surface area contributed by atoms with Crippen molar-refractivity contribution in [2.75, 3.05) is 11.5 Å². The summed E-state index contributed by atoms with van der Waals surface area (Å²) in [6.45, 7) is 0. The number of rotatable bonds is 2. The zero-order valence-corrected chi connectivity index (χ0v) is 11.5. The number of hydrogen-bond donors (Lipinski definition) is 1. The zero-order valence-electron chi connectivity index (χ0n) is 10.7. The van der Waals surface area contributed by atoms with Crippen LogP contribution < -0.4 is 5.32 Å². The summed E-state index contributed by atoms with van der Waals surface area (Å²) in [6.07, 6.45) is 11.0. The van der Waals surface area contributed by atoms with Crippen LogP contribution in [0.4, 0.5) is 0 Å². The summed E-state index contributed by atoms with van der Waals surface area (Å²) in [5.41, 5.74) is 0. The van der Waals surface area contributed by atoms with E-state index in [-0.39, 0.29) is 6.04 Å². The maximum Gasteiger partial charge on any atom is 0.151 e. The van der Waals surface area contributed by atoms with Crippen LogP contribution in [0, 0.1) is 0 Å². The molecule has 1 heterocycles. The molecule has 0 amide bonds. The summed E-state index contributed by atoms with van der Waals surface area (Å²) < 4.78 is 23.2. The van der Waals surface area contributed by atoms with Crippen LogP contribution in [-0.2, 0) is 9.84 Å². The molecule has 17 heavy (non-hydrogen) atoms. The molecular formula is C13H25NO2S. The third-order valence-electron chi connectivity index (χ3n) is 4.04. The van der Waals surface area contributed by atoms with Crippen molar-refractivity contribution in [1.82, 2.24) is 5.32 Å². The average molecular weight is 259 g/mol. The standard InChI is InChI=1S/C13H25NO2S/c15-17(16)10-6-9-13(11-17)14-12-7-4-2-1-3-5-8-12/h12-14H,1-11H2. The lowest BCUT2D eigenvalue weighted by molar-refractivity contribution is 0.347. The number of sulfone groups is 1. The van der Waals surface area contributed by atoms with Gasteiger partial charge in [-0.3, -0.25) is 0 Å². The molecule has 0 spiro atoms. The maximum absolute atomic E-state index is 11.6. The van der Waals surface area contributed by atoms with Gasteiger partial charge in [0.2, 0.25) is 0 Å². The fraction of sp³-hybridized carbons (Fsp3) is 1.00. The summed E-state index contributed by atoms with van der Waals surface area (Å²) >= 11 is 0. The van der Waals surface area contributed by atoms with Crippen LogP contribution in [0.1, 0.15) is 57.8 Å². The largest absolute Gasteiger partial charge is 0.310 e. The second-order valence-corrected chi connectivity index (χ2v) is 7.89. The van der Waals surface area contributed by atoms with E-state index >= 15 is 0 Å². The third-order valence-corrected chi connectivity index (χ3v) is 5.86. The monoisotopic (exact) mass is 259 g/mol. The van der Waals surface area contributed by atoms with Gasteiger partial charge in [0.05, 0.1) is 11.5 Å². The minimum atomic E-state index is -2.76. The molecule has 100 valence electrons. The summed E-state index contributed by atoms with van der Waals surface area (Å²) in [6, 6.07) is 0.784. The van der Waals surface area contributed by atoms with Crippen LogP contribution in [0.3, 0.4) is 0 Å². The van der Waals surface area contributed by atoms with Crippen molar-refractivity contribution >= 4 is 9.84 Å². The molecule has 0 aromatic carbocycles. The smallest absolute Gasteiger partial charge is 0.151 e. The van der Waals surface area contributed by atoms with E-state index in [0.29, 0.717) is 17.5 Å². The first-order chi connectivity index (χ1) is 8.16. The highest BCUT2D eigenvalue weighted by Crippen LogP contribution is 2.19. The second kappa shape index (κ2) is 6.19. The maximum atomic E-state index is 11.6. The van der Waals surface area contributed by atoms with Crippen LogP contribution in [0.2, 0.25) is 0 Å². The molecule has 2 fully saturated rings. The molecule has 1 aliphatic heterocycles. The number of nitrogens with one attached hydrogen (secondary N) is 1. The minimum absolute atomic E-state index is 0.221. The molecule has 0 radical (unpaired) electrons. The minimum Gasteiger partial charge on any atom is -0.310 e. The van der Waals surface area contributed by atoms with Crippen molar-refractivity contribution in [1.29, 1.82) is 0 Å². The van der Waals surface area contributed by atoms with Gasteiger partial charge in [-0.1, -0.05) is 32.1 Å². The Hall–Kier alpha value is -0.0900. The highest BCUT2D eigenvalue weighted by Gasteiger charge is 2.26. The molecule has 1 aliphatic carbocycles. The quantitative estimate of drug-likeness (QED) is 0.827. The van der Waals surface area contributed by atoms with Crippen LogP contribution in [0.15, 0.2) is 0 Å². The van der Waals surface area contributed by atoms with Crippen molar-refractivity contribution in [3.63, 3.8) is 0 Å². The molecule has 1 atom stereocenters. The Morgan fingerprint density at radius 3 is 2.00 bits per heavy atom. The molecular weight excluding hydrogens is 234 g/mol. The molecule has 1 N–H and O–H groups in total. The van der Waals surface area contributed by atoms with Crippen molar-refractivity contribution in [2.45, 2.75) is 69.9 Å². The van der Waals surface area contributed by atoms with Crippen LogP contribution in [0.25, 0.3) is 0 Å². The highest BCUT2D eigenvalue weighted by molar-refractivity contribution is 7.91. The molecule has 0 bridgehead atoms. The van der Waals surface area contributed by atoms with E-state index in [4.69, 9.17) is 0 Å². The Labute approximate surface area is 105 Å². The topological polar surface area (TPSA) is 46.2 Å². The van der Waals surface area contributed by atoms with Gasteiger partial charge >= 0.3 is 0 Å². The Morgan fingerprint density at radius 1 is 0.765 bits per heavy atom. The SMILES string of the molecule is O=S1(=O)CCCC(NC2CCCCCCC2)C1. The lowest BCUT2D eigenvalue weighted by Crippen LogP contribution is -2.45. The van der Waals surface area contributed by atoms with E-state index in [1.54, 1.807) is 0 Å². The summed E-state index contributed by atoms with van der Waals surface area (Å²) in [4.78, 5) is 0. The molecule has 2 rings (SSSR count). The zero-order chi connectivity index (χ0) is 12.1. The first-order valence-electron chi connectivity index (χ1n) is 7.12. The third kappa shape index (κ3) is 4.59. The Morgan fingerprint density at radius 2 is 1.35 bits per heavy atom. The number of hydrogen-bond acceptors (Lipinski definition) is 3. The van der Waals surface area contributed by atoms with Crippen molar-refractivity contribution < 1.29 is 8.42 Å². The molecule has 4 heteroatoms. The summed E-state index contributed by atoms with van der Waals surface area (Å²) in [5, 5.41) is 3.60. The molecule has 0 aromatic heterocycles. The summed E-state index contributed by atoms with van der Waals surface area (Å²) in [5.74, 6) is 0.763. The van der Waals surface area contributed by atoms with Gasteiger partial charge in [0.15, 0.2) is 9.84 Å². The molecule has 1 unspecified atom stereocenters. The van der Waals surface area contributed by atoms with E-state index in [0.717, 1.165) is 12.8 Å². The van der Waals surface area contributed by atoms with Gasteiger partial charge in [-0.25, -0.2) is 8.42 Å². The second-order valence-electron chi connectivity index (χ2n) is 5.66. The fourth-order valence-electron chi connectivity index (χ4n) is 3.11. The highest BCUT2D eigenvalue weighted by atomic mass is 32.2. The lowest BCUT2D eigenvalue weighted by Gasteiger charge is -2.29. The first kappa shape index (κ1) is 13.3. The van der Waals surface area contributed by atoms with Gasteiger partial charge in [-0.2, -0.15) is 0 Å². The van der Waals surface area contributed by atoms with Crippen LogP contribution in [-0.4, -0.2) is 32.0 Å². The van der Waals surface area contributed by atoms with E-state index < -0.39 is 9.84 Å². The summed E-state index contributed by atoms with van der Waals surface area (Å²) in [7, 11) is -2.76. The van der Waals surface area contributed by atoms with E-state index in [1.807, 2.05) is 0 Å². The van der Waals surface area contributed by atoms with Crippen molar-refractivity contribution in [3.8, 4) is 0 Å². The fourth-order valence-corrected chi connectivity index (χ4v) is 4.76. The first-order valence-corrected chi connectivity index (χ1v) is 8.94. The normalized spacial score (nSPS) is 31.6. The predicted octanol–water partition coefficient (Wildman–Crippen LogP) is 2.27. The van der Waals surface area contributed by atoms with Crippen molar-refractivity contribution in [2.24, 2.45) is 0 Å².